The molecule has 2 fully saturated rings. The highest BCUT2D eigenvalue weighted by Gasteiger charge is 2.44. The minimum absolute atomic E-state index is 0.0796. The van der Waals surface area contributed by atoms with Gasteiger partial charge in [-0.2, -0.15) is 0 Å². The Hall–Kier alpha value is -3.49. The highest BCUT2D eigenvalue weighted by molar-refractivity contribution is 6.08. The Labute approximate surface area is 165 Å². The molecule has 150 valence electrons. The molecule has 0 bridgehead atoms. The lowest BCUT2D eigenvalue weighted by Gasteiger charge is -2.25. The molecule has 29 heavy (non-hydrogen) atoms. The van der Waals surface area contributed by atoms with Gasteiger partial charge in [0.05, 0.1) is 0 Å². The number of aryl methyl sites for hydroxylation is 1. The summed E-state index contributed by atoms with van der Waals surface area (Å²) in [6.45, 7) is 1.78. The quantitative estimate of drug-likeness (QED) is 0.584. The van der Waals surface area contributed by atoms with Crippen LogP contribution in [0.3, 0.4) is 0 Å². The van der Waals surface area contributed by atoms with E-state index in [1.54, 1.807) is 19.1 Å². The maximum Gasteiger partial charge on any atom is 0.336 e. The summed E-state index contributed by atoms with van der Waals surface area (Å²) in [6, 6.07) is 4.57. The molecule has 2 saturated heterocycles. The monoisotopic (exact) mass is 397 g/mol. The van der Waals surface area contributed by atoms with Crippen LogP contribution in [0.1, 0.15) is 31.2 Å². The summed E-state index contributed by atoms with van der Waals surface area (Å²) in [6.07, 6.45) is 0.810. The van der Waals surface area contributed by atoms with Crippen molar-refractivity contribution >= 4 is 40.3 Å². The molecule has 9 heteroatoms. The SMILES string of the molecule is Cc1cc(=O)oc2cc(NC(=O)C3CCC(=O)N3C(=O)C3CCC(=O)N3)ccc12. The van der Waals surface area contributed by atoms with Crippen molar-refractivity contribution in [1.29, 1.82) is 0 Å². The third-order valence-electron chi connectivity index (χ3n) is 5.26. The van der Waals surface area contributed by atoms with Crippen LogP contribution in [0.15, 0.2) is 33.5 Å². The number of hydrogen-bond acceptors (Lipinski definition) is 6. The van der Waals surface area contributed by atoms with Gasteiger partial charge in [-0.05, 0) is 37.5 Å². The molecule has 2 N–H and O–H groups in total. The van der Waals surface area contributed by atoms with E-state index in [1.807, 2.05) is 0 Å². The predicted molar refractivity (Wildman–Crippen MR) is 102 cm³/mol. The van der Waals surface area contributed by atoms with Crippen LogP contribution in [0.2, 0.25) is 0 Å². The van der Waals surface area contributed by atoms with Crippen LogP contribution < -0.4 is 16.3 Å². The Bertz CT molecular complexity index is 1110. The first-order valence-corrected chi connectivity index (χ1v) is 9.34. The van der Waals surface area contributed by atoms with Crippen molar-refractivity contribution in [1.82, 2.24) is 10.2 Å². The molecule has 2 atom stereocenters. The van der Waals surface area contributed by atoms with Crippen LogP contribution in [-0.4, -0.2) is 40.6 Å². The highest BCUT2D eigenvalue weighted by atomic mass is 16.4. The fourth-order valence-corrected chi connectivity index (χ4v) is 3.80. The lowest BCUT2D eigenvalue weighted by molar-refractivity contribution is -0.148. The molecule has 2 aromatic rings. The number of carbonyl (C=O) groups excluding carboxylic acids is 4. The number of imide groups is 1. The molecule has 2 unspecified atom stereocenters. The van der Waals surface area contributed by atoms with E-state index < -0.39 is 35.4 Å². The van der Waals surface area contributed by atoms with Crippen molar-refractivity contribution in [2.75, 3.05) is 5.32 Å². The second kappa shape index (κ2) is 7.16. The van der Waals surface area contributed by atoms with Gasteiger partial charge in [0, 0.05) is 36.0 Å². The predicted octanol–water partition coefficient (Wildman–Crippen LogP) is 0.836. The number of fused-ring (bicyclic) bond motifs is 1. The van der Waals surface area contributed by atoms with Gasteiger partial charge in [-0.3, -0.25) is 24.1 Å². The Morgan fingerprint density at radius 1 is 1.14 bits per heavy atom. The average molecular weight is 397 g/mol. The van der Waals surface area contributed by atoms with Gasteiger partial charge in [-0.25, -0.2) is 4.79 Å². The molecule has 1 aromatic heterocycles. The molecule has 3 heterocycles. The first kappa shape index (κ1) is 18.9. The zero-order valence-corrected chi connectivity index (χ0v) is 15.7. The molecule has 2 aliphatic heterocycles. The molecular formula is C20H19N3O6. The number of hydrogen-bond donors (Lipinski definition) is 2. The first-order chi connectivity index (χ1) is 13.8. The summed E-state index contributed by atoms with van der Waals surface area (Å²) in [7, 11) is 0. The van der Waals surface area contributed by atoms with Crippen LogP contribution >= 0.6 is 0 Å². The van der Waals surface area contributed by atoms with E-state index in [4.69, 9.17) is 4.42 Å². The molecule has 0 radical (unpaired) electrons. The minimum Gasteiger partial charge on any atom is -0.423 e. The maximum atomic E-state index is 12.8. The van der Waals surface area contributed by atoms with Crippen LogP contribution in [0.25, 0.3) is 11.0 Å². The van der Waals surface area contributed by atoms with Crippen molar-refractivity contribution in [3.63, 3.8) is 0 Å². The largest absolute Gasteiger partial charge is 0.423 e. The highest BCUT2D eigenvalue weighted by Crippen LogP contribution is 2.25. The van der Waals surface area contributed by atoms with Crippen molar-refractivity contribution in [3.05, 3.63) is 40.2 Å². The molecule has 9 nitrogen and oxygen atoms in total. The summed E-state index contributed by atoms with van der Waals surface area (Å²) in [5.74, 6) is -1.75. The standard InChI is InChI=1S/C20H19N3O6/c1-10-8-18(26)29-15-9-11(2-3-12(10)15)21-19(27)14-5-7-17(25)23(14)20(28)13-4-6-16(24)22-13/h2-3,8-9,13-14H,4-7H2,1H3,(H,21,27)(H,22,24). The van der Waals surface area contributed by atoms with Crippen LogP contribution in [0.4, 0.5) is 5.69 Å². The molecule has 4 rings (SSSR count). The van der Waals surface area contributed by atoms with Gasteiger partial charge >= 0.3 is 5.63 Å². The smallest absolute Gasteiger partial charge is 0.336 e. The fraction of sp³-hybridized carbons (Fsp3) is 0.350. The Morgan fingerprint density at radius 3 is 2.66 bits per heavy atom. The first-order valence-electron chi connectivity index (χ1n) is 9.34. The lowest BCUT2D eigenvalue weighted by Crippen LogP contribution is -2.51. The van der Waals surface area contributed by atoms with Crippen molar-refractivity contribution in [3.8, 4) is 0 Å². The second-order valence-electron chi connectivity index (χ2n) is 7.26. The topological polar surface area (TPSA) is 126 Å². The number of rotatable bonds is 3. The Morgan fingerprint density at radius 2 is 1.93 bits per heavy atom. The minimum atomic E-state index is -0.951. The molecule has 4 amide bonds. The number of nitrogens with one attached hydrogen (secondary N) is 2. The van der Waals surface area contributed by atoms with Crippen molar-refractivity contribution in [2.45, 2.75) is 44.7 Å². The van der Waals surface area contributed by atoms with Gasteiger partial charge in [0.15, 0.2) is 0 Å². The summed E-state index contributed by atoms with van der Waals surface area (Å²) in [5, 5.41) is 5.96. The second-order valence-corrected chi connectivity index (χ2v) is 7.26. The van der Waals surface area contributed by atoms with E-state index in [0.29, 0.717) is 17.7 Å². The number of benzene rings is 1. The van der Waals surface area contributed by atoms with Gasteiger partial charge in [0.2, 0.25) is 17.7 Å². The lowest BCUT2D eigenvalue weighted by atomic mass is 10.1. The van der Waals surface area contributed by atoms with Gasteiger partial charge in [-0.15, -0.1) is 0 Å². The zero-order valence-electron chi connectivity index (χ0n) is 15.7. The maximum absolute atomic E-state index is 12.8. The van der Waals surface area contributed by atoms with Crippen molar-refractivity contribution < 1.29 is 23.6 Å². The molecule has 1 aromatic carbocycles. The molecule has 0 saturated carbocycles. The normalized spacial score (nSPS) is 21.5. The van der Waals surface area contributed by atoms with E-state index in [1.165, 1.54) is 12.1 Å². The summed E-state index contributed by atoms with van der Waals surface area (Å²) in [4.78, 5) is 61.6. The average Bonchev–Trinajstić information content (AvgIpc) is 3.26. The number of carbonyl (C=O) groups is 4. The third-order valence-corrected chi connectivity index (χ3v) is 5.26. The van der Waals surface area contributed by atoms with Gasteiger partial charge < -0.3 is 15.1 Å². The molecule has 0 spiro atoms. The number of nitrogens with zero attached hydrogens (tertiary/aromatic N) is 1. The van der Waals surface area contributed by atoms with E-state index in [2.05, 4.69) is 10.6 Å². The van der Waals surface area contributed by atoms with Crippen LogP contribution in [0.5, 0.6) is 0 Å². The van der Waals surface area contributed by atoms with E-state index in [9.17, 15) is 24.0 Å². The van der Waals surface area contributed by atoms with Gasteiger partial charge in [-0.1, -0.05) is 0 Å². The van der Waals surface area contributed by atoms with Crippen molar-refractivity contribution in [2.24, 2.45) is 0 Å². The molecule has 2 aliphatic rings. The molecule has 0 aliphatic carbocycles. The van der Waals surface area contributed by atoms with E-state index in [-0.39, 0.29) is 25.2 Å². The van der Waals surface area contributed by atoms with Gasteiger partial charge in [0.25, 0.3) is 5.91 Å². The number of anilines is 1. The summed E-state index contributed by atoms with van der Waals surface area (Å²) >= 11 is 0. The third kappa shape index (κ3) is 3.51. The Kier molecular flexibility index (Phi) is 4.65. The Balaban J connectivity index is 1.55. The summed E-state index contributed by atoms with van der Waals surface area (Å²) in [5.41, 5.74) is 0.982. The number of amides is 4. The summed E-state index contributed by atoms with van der Waals surface area (Å²) < 4.78 is 5.18. The van der Waals surface area contributed by atoms with E-state index in [0.717, 1.165) is 15.8 Å². The zero-order chi connectivity index (χ0) is 20.7. The van der Waals surface area contributed by atoms with Crippen LogP contribution in [-0.2, 0) is 19.2 Å². The van der Waals surface area contributed by atoms with Gasteiger partial charge in [0.1, 0.15) is 17.7 Å². The van der Waals surface area contributed by atoms with E-state index >= 15 is 0 Å². The molecular weight excluding hydrogens is 378 g/mol. The van der Waals surface area contributed by atoms with Crippen LogP contribution in [0, 0.1) is 6.92 Å². The number of likely N-dealkylation sites (tertiary alicyclic amines) is 1. The fourth-order valence-electron chi connectivity index (χ4n) is 3.80.